The van der Waals surface area contributed by atoms with Crippen molar-refractivity contribution in [3.63, 3.8) is 0 Å². The fourth-order valence-corrected chi connectivity index (χ4v) is 1.82. The van der Waals surface area contributed by atoms with Crippen molar-refractivity contribution in [2.45, 2.75) is 13.3 Å². The van der Waals surface area contributed by atoms with Crippen LogP contribution in [0.25, 0.3) is 0 Å². The highest BCUT2D eigenvalue weighted by molar-refractivity contribution is 9.10. The Kier molecular flexibility index (Phi) is 3.11. The minimum atomic E-state index is 0.647. The third-order valence-corrected chi connectivity index (χ3v) is 2.70. The van der Waals surface area contributed by atoms with Gasteiger partial charge >= 0.3 is 0 Å². The van der Waals surface area contributed by atoms with Crippen molar-refractivity contribution in [1.29, 1.82) is 0 Å². The first-order chi connectivity index (χ1) is 7.25. The van der Waals surface area contributed by atoms with Gasteiger partial charge in [-0.05, 0) is 40.0 Å². The lowest BCUT2D eigenvalue weighted by molar-refractivity contribution is 0.990. The molecule has 3 heteroatoms. The third kappa shape index (κ3) is 2.63. The molecule has 2 nitrogen and oxygen atoms in total. The third-order valence-electron chi connectivity index (χ3n) is 2.32. The summed E-state index contributed by atoms with van der Waals surface area (Å²) < 4.78 is 0.647. The Morgan fingerprint density at radius 3 is 2.73 bits per heavy atom. The normalized spacial score (nSPS) is 10.3. The fraction of sp³-hybridized carbons (Fsp3) is 0.167. The van der Waals surface area contributed by atoms with Gasteiger partial charge in [0.1, 0.15) is 0 Å². The van der Waals surface area contributed by atoms with E-state index in [-0.39, 0.29) is 0 Å². The number of aromatic nitrogens is 2. The van der Waals surface area contributed by atoms with Gasteiger partial charge < -0.3 is 0 Å². The predicted molar refractivity (Wildman–Crippen MR) is 63.7 cm³/mol. The molecule has 2 rings (SSSR count). The Labute approximate surface area is 97.5 Å². The zero-order chi connectivity index (χ0) is 10.7. The molecule has 0 bridgehead atoms. The molecular formula is C12H11BrN2. The smallest absolute Gasteiger partial charge is 0.196 e. The van der Waals surface area contributed by atoms with Crippen LogP contribution in [0.1, 0.15) is 16.8 Å². The van der Waals surface area contributed by atoms with E-state index in [2.05, 4.69) is 57.1 Å². The lowest BCUT2D eigenvalue weighted by atomic mass is 10.0. The Balaban J connectivity index is 2.26. The van der Waals surface area contributed by atoms with E-state index in [9.17, 15) is 0 Å². The SMILES string of the molecule is Cc1ccccc1Cc1ccnc(Br)n1. The highest BCUT2D eigenvalue weighted by atomic mass is 79.9. The van der Waals surface area contributed by atoms with Crippen LogP contribution in [0.4, 0.5) is 0 Å². The zero-order valence-electron chi connectivity index (χ0n) is 8.44. The van der Waals surface area contributed by atoms with Crippen LogP contribution < -0.4 is 0 Å². The summed E-state index contributed by atoms with van der Waals surface area (Å²) >= 11 is 3.27. The molecule has 0 aliphatic rings. The standard InChI is InChI=1S/C12H11BrN2/c1-9-4-2-3-5-10(9)8-11-6-7-14-12(13)15-11/h2-7H,8H2,1H3. The molecule has 2 aromatic rings. The van der Waals surface area contributed by atoms with Gasteiger partial charge in [-0.1, -0.05) is 24.3 Å². The summed E-state index contributed by atoms with van der Waals surface area (Å²) in [7, 11) is 0. The van der Waals surface area contributed by atoms with Crippen molar-refractivity contribution in [1.82, 2.24) is 9.97 Å². The summed E-state index contributed by atoms with van der Waals surface area (Å²) in [5, 5.41) is 0. The topological polar surface area (TPSA) is 25.8 Å². The molecule has 0 N–H and O–H groups in total. The second-order valence-electron chi connectivity index (χ2n) is 3.42. The number of benzene rings is 1. The van der Waals surface area contributed by atoms with Gasteiger partial charge in [-0.25, -0.2) is 9.97 Å². The van der Waals surface area contributed by atoms with Crippen molar-refractivity contribution in [2.75, 3.05) is 0 Å². The molecule has 0 spiro atoms. The number of rotatable bonds is 2. The van der Waals surface area contributed by atoms with Gasteiger partial charge in [-0.15, -0.1) is 0 Å². The summed E-state index contributed by atoms with van der Waals surface area (Å²) in [6, 6.07) is 10.3. The number of nitrogens with zero attached hydrogens (tertiary/aromatic N) is 2. The lowest BCUT2D eigenvalue weighted by Crippen LogP contribution is -1.95. The number of halogens is 1. The van der Waals surface area contributed by atoms with Gasteiger partial charge in [0.15, 0.2) is 4.73 Å². The molecule has 76 valence electrons. The van der Waals surface area contributed by atoms with Crippen LogP contribution in [0.5, 0.6) is 0 Å². The quantitative estimate of drug-likeness (QED) is 0.778. The first-order valence-corrected chi connectivity index (χ1v) is 5.57. The van der Waals surface area contributed by atoms with Crippen molar-refractivity contribution >= 4 is 15.9 Å². The molecule has 0 amide bonds. The van der Waals surface area contributed by atoms with E-state index in [1.807, 2.05) is 6.07 Å². The molecule has 0 unspecified atom stereocenters. The Morgan fingerprint density at radius 1 is 1.20 bits per heavy atom. The first-order valence-electron chi connectivity index (χ1n) is 4.77. The Hall–Kier alpha value is -1.22. The van der Waals surface area contributed by atoms with E-state index < -0.39 is 0 Å². The predicted octanol–water partition coefficient (Wildman–Crippen LogP) is 3.14. The summed E-state index contributed by atoms with van der Waals surface area (Å²) in [4.78, 5) is 8.32. The number of aryl methyl sites for hydroxylation is 1. The van der Waals surface area contributed by atoms with Crippen molar-refractivity contribution in [3.8, 4) is 0 Å². The second-order valence-corrected chi connectivity index (χ2v) is 4.13. The number of hydrogen-bond donors (Lipinski definition) is 0. The van der Waals surface area contributed by atoms with Crippen LogP contribution in [-0.2, 0) is 6.42 Å². The van der Waals surface area contributed by atoms with E-state index in [4.69, 9.17) is 0 Å². The van der Waals surface area contributed by atoms with Gasteiger partial charge in [-0.2, -0.15) is 0 Å². The minimum Gasteiger partial charge on any atom is -0.231 e. The fourth-order valence-electron chi connectivity index (χ4n) is 1.47. The van der Waals surface area contributed by atoms with Crippen molar-refractivity contribution in [2.24, 2.45) is 0 Å². The Bertz CT molecular complexity index is 469. The first kappa shape index (κ1) is 10.3. The molecule has 0 fully saturated rings. The van der Waals surface area contributed by atoms with E-state index in [1.165, 1.54) is 11.1 Å². The van der Waals surface area contributed by atoms with E-state index in [0.717, 1.165) is 12.1 Å². The molecule has 1 aromatic heterocycles. The zero-order valence-corrected chi connectivity index (χ0v) is 10.0. The van der Waals surface area contributed by atoms with Crippen LogP contribution in [-0.4, -0.2) is 9.97 Å². The summed E-state index contributed by atoms with van der Waals surface area (Å²) in [6.07, 6.45) is 2.62. The highest BCUT2D eigenvalue weighted by Gasteiger charge is 2.01. The lowest BCUT2D eigenvalue weighted by Gasteiger charge is -2.04. The van der Waals surface area contributed by atoms with Crippen molar-refractivity contribution < 1.29 is 0 Å². The maximum atomic E-state index is 4.32. The second kappa shape index (κ2) is 4.53. The monoisotopic (exact) mass is 262 g/mol. The molecule has 0 saturated heterocycles. The minimum absolute atomic E-state index is 0.647. The van der Waals surface area contributed by atoms with E-state index in [0.29, 0.717) is 4.73 Å². The van der Waals surface area contributed by atoms with Crippen LogP contribution in [0.15, 0.2) is 41.3 Å². The largest absolute Gasteiger partial charge is 0.231 e. The molecular weight excluding hydrogens is 252 g/mol. The molecule has 1 aromatic carbocycles. The number of hydrogen-bond acceptors (Lipinski definition) is 2. The van der Waals surface area contributed by atoms with Gasteiger partial charge in [0.25, 0.3) is 0 Å². The van der Waals surface area contributed by atoms with Crippen LogP contribution in [0.3, 0.4) is 0 Å². The summed E-state index contributed by atoms with van der Waals surface area (Å²) in [5.41, 5.74) is 3.64. The van der Waals surface area contributed by atoms with Gasteiger partial charge in [0.2, 0.25) is 0 Å². The summed E-state index contributed by atoms with van der Waals surface area (Å²) in [5.74, 6) is 0. The van der Waals surface area contributed by atoms with E-state index in [1.54, 1.807) is 6.20 Å². The van der Waals surface area contributed by atoms with Crippen LogP contribution in [0, 0.1) is 6.92 Å². The molecule has 0 radical (unpaired) electrons. The van der Waals surface area contributed by atoms with Gasteiger partial charge in [-0.3, -0.25) is 0 Å². The highest BCUT2D eigenvalue weighted by Crippen LogP contribution is 2.12. The summed E-state index contributed by atoms with van der Waals surface area (Å²) in [6.45, 7) is 2.12. The molecule has 1 heterocycles. The average molecular weight is 263 g/mol. The Morgan fingerprint density at radius 2 is 2.00 bits per heavy atom. The van der Waals surface area contributed by atoms with Gasteiger partial charge in [0.05, 0.1) is 0 Å². The van der Waals surface area contributed by atoms with Gasteiger partial charge in [0, 0.05) is 18.3 Å². The molecule has 0 aliphatic heterocycles. The maximum Gasteiger partial charge on any atom is 0.196 e. The maximum absolute atomic E-state index is 4.32. The van der Waals surface area contributed by atoms with Crippen LogP contribution in [0.2, 0.25) is 0 Å². The van der Waals surface area contributed by atoms with Crippen LogP contribution >= 0.6 is 15.9 Å². The molecule has 0 atom stereocenters. The van der Waals surface area contributed by atoms with Crippen molar-refractivity contribution in [3.05, 3.63) is 58.1 Å². The molecule has 0 aliphatic carbocycles. The van der Waals surface area contributed by atoms with E-state index >= 15 is 0 Å². The molecule has 15 heavy (non-hydrogen) atoms. The molecule has 0 saturated carbocycles. The average Bonchev–Trinajstić information content (AvgIpc) is 2.22.